The van der Waals surface area contributed by atoms with E-state index in [1.54, 1.807) is 13.2 Å². The van der Waals surface area contributed by atoms with Gasteiger partial charge in [0, 0.05) is 12.2 Å². The lowest BCUT2D eigenvalue weighted by Gasteiger charge is -2.17. The first-order valence-electron chi connectivity index (χ1n) is 10.4. The van der Waals surface area contributed by atoms with Gasteiger partial charge in [0.05, 0.1) is 12.4 Å². The molecule has 7 nitrogen and oxygen atoms in total. The van der Waals surface area contributed by atoms with Crippen LogP contribution in [0.25, 0.3) is 0 Å². The van der Waals surface area contributed by atoms with Crippen molar-refractivity contribution in [3.05, 3.63) is 73.1 Å². The van der Waals surface area contributed by atoms with Crippen molar-refractivity contribution in [3.8, 4) is 11.5 Å². The second kappa shape index (κ2) is 11.4. The molecule has 0 bridgehead atoms. The number of ether oxygens (including phenoxy) is 2. The number of hydrogen-bond acceptors (Lipinski definition) is 6. The number of amides is 1. The predicted octanol–water partition coefficient (Wildman–Crippen LogP) is 5.12. The maximum Gasteiger partial charge on any atom is 0.237 e. The molecule has 0 fully saturated rings. The normalized spacial score (nSPS) is 12.6. The largest absolute Gasteiger partial charge is 0.497 e. The highest BCUT2D eigenvalue weighted by atomic mass is 32.2. The Morgan fingerprint density at radius 2 is 1.84 bits per heavy atom. The highest BCUT2D eigenvalue weighted by Crippen LogP contribution is 2.29. The molecular weight excluding hydrogens is 424 g/mol. The van der Waals surface area contributed by atoms with Crippen LogP contribution in [0.3, 0.4) is 0 Å². The van der Waals surface area contributed by atoms with E-state index in [9.17, 15) is 4.79 Å². The smallest absolute Gasteiger partial charge is 0.237 e. The highest BCUT2D eigenvalue weighted by Gasteiger charge is 2.24. The lowest BCUT2D eigenvalue weighted by atomic mass is 10.3. The average Bonchev–Trinajstić information content (AvgIpc) is 3.21. The summed E-state index contributed by atoms with van der Waals surface area (Å²) in [7, 11) is 1.62. The summed E-state index contributed by atoms with van der Waals surface area (Å²) in [5, 5.41) is 12.0. The van der Waals surface area contributed by atoms with Crippen molar-refractivity contribution in [3.63, 3.8) is 0 Å². The number of anilines is 1. The van der Waals surface area contributed by atoms with E-state index in [0.717, 1.165) is 11.4 Å². The summed E-state index contributed by atoms with van der Waals surface area (Å²) in [6.45, 7) is 8.26. The van der Waals surface area contributed by atoms with Crippen molar-refractivity contribution < 1.29 is 14.3 Å². The lowest BCUT2D eigenvalue weighted by Crippen LogP contribution is -2.25. The number of aromatic nitrogens is 3. The molecule has 3 rings (SSSR count). The fraction of sp³-hybridized carbons (Fsp3) is 0.292. The SMILES string of the molecule is C=CCn1c(SC(CC)C(=O)Nc2ccccc2)nnc1C(C)Oc1ccc(OC)cc1. The minimum Gasteiger partial charge on any atom is -0.497 e. The minimum absolute atomic E-state index is 0.0686. The second-order valence-corrected chi connectivity index (χ2v) is 8.22. The summed E-state index contributed by atoms with van der Waals surface area (Å²) in [6.07, 6.45) is 2.09. The van der Waals surface area contributed by atoms with Crippen LogP contribution < -0.4 is 14.8 Å². The zero-order valence-corrected chi connectivity index (χ0v) is 19.3. The fourth-order valence-electron chi connectivity index (χ4n) is 3.09. The number of allylic oxidation sites excluding steroid dienone is 1. The van der Waals surface area contributed by atoms with E-state index in [2.05, 4.69) is 22.1 Å². The third-order valence-corrected chi connectivity index (χ3v) is 6.09. The van der Waals surface area contributed by atoms with Crippen molar-refractivity contribution in [1.29, 1.82) is 0 Å². The van der Waals surface area contributed by atoms with Crippen molar-refractivity contribution >= 4 is 23.4 Å². The number of rotatable bonds is 11. The van der Waals surface area contributed by atoms with Crippen LogP contribution in [0.5, 0.6) is 11.5 Å². The summed E-state index contributed by atoms with van der Waals surface area (Å²) < 4.78 is 13.2. The number of carbonyl (C=O) groups is 1. The molecule has 0 aliphatic carbocycles. The van der Waals surface area contributed by atoms with Gasteiger partial charge >= 0.3 is 0 Å². The molecule has 3 aromatic rings. The molecule has 8 heteroatoms. The minimum atomic E-state index is -0.344. The molecule has 0 saturated heterocycles. The Kier molecular flexibility index (Phi) is 8.33. The topological polar surface area (TPSA) is 78.3 Å². The van der Waals surface area contributed by atoms with Gasteiger partial charge in [0.25, 0.3) is 0 Å². The number of hydrogen-bond donors (Lipinski definition) is 1. The molecule has 168 valence electrons. The van der Waals surface area contributed by atoms with E-state index < -0.39 is 0 Å². The van der Waals surface area contributed by atoms with Gasteiger partial charge in [-0.05, 0) is 49.7 Å². The molecule has 32 heavy (non-hydrogen) atoms. The number of methoxy groups -OCH3 is 1. The zero-order chi connectivity index (χ0) is 22.9. The fourth-order valence-corrected chi connectivity index (χ4v) is 4.06. The van der Waals surface area contributed by atoms with Gasteiger partial charge in [0.15, 0.2) is 17.1 Å². The van der Waals surface area contributed by atoms with Crippen LogP contribution in [0.15, 0.2) is 72.4 Å². The van der Waals surface area contributed by atoms with Gasteiger partial charge in [-0.2, -0.15) is 0 Å². The molecule has 0 radical (unpaired) electrons. The van der Waals surface area contributed by atoms with Crippen molar-refractivity contribution in [2.75, 3.05) is 12.4 Å². The molecule has 1 heterocycles. The van der Waals surface area contributed by atoms with Gasteiger partial charge in [-0.15, -0.1) is 16.8 Å². The molecule has 2 unspecified atom stereocenters. The standard InChI is InChI=1S/C24H28N4O3S/c1-5-16-28-22(17(3)31-20-14-12-19(30-4)13-15-20)26-27-24(28)32-21(6-2)23(29)25-18-10-8-7-9-11-18/h5,7-15,17,21H,1,6,16H2,2-4H3,(H,25,29). The maximum atomic E-state index is 12.8. The summed E-state index contributed by atoms with van der Waals surface area (Å²) in [5.74, 6) is 2.06. The van der Waals surface area contributed by atoms with Crippen LogP contribution in [-0.2, 0) is 11.3 Å². The molecule has 1 amide bonds. The molecular formula is C24H28N4O3S. The van der Waals surface area contributed by atoms with Crippen LogP contribution in [0.1, 0.15) is 32.2 Å². The monoisotopic (exact) mass is 452 g/mol. The molecule has 0 saturated carbocycles. The van der Waals surface area contributed by atoms with Crippen LogP contribution in [0.4, 0.5) is 5.69 Å². The van der Waals surface area contributed by atoms with Gasteiger partial charge in [-0.3, -0.25) is 9.36 Å². The Labute approximate surface area is 192 Å². The zero-order valence-electron chi connectivity index (χ0n) is 18.5. The number of nitrogens with one attached hydrogen (secondary N) is 1. The highest BCUT2D eigenvalue weighted by molar-refractivity contribution is 8.00. The predicted molar refractivity (Wildman–Crippen MR) is 127 cm³/mol. The van der Waals surface area contributed by atoms with E-state index in [0.29, 0.717) is 29.7 Å². The number of thioether (sulfide) groups is 1. The Morgan fingerprint density at radius 3 is 2.47 bits per heavy atom. The van der Waals surface area contributed by atoms with Crippen LogP contribution in [0.2, 0.25) is 0 Å². The molecule has 0 aliphatic heterocycles. The maximum absolute atomic E-state index is 12.8. The molecule has 0 spiro atoms. The second-order valence-electron chi connectivity index (χ2n) is 7.05. The van der Waals surface area contributed by atoms with Crippen molar-refractivity contribution in [2.24, 2.45) is 0 Å². The number of nitrogens with zero attached hydrogens (tertiary/aromatic N) is 3. The quantitative estimate of drug-likeness (QED) is 0.321. The van der Waals surface area contributed by atoms with Gasteiger partial charge in [-0.25, -0.2) is 0 Å². The average molecular weight is 453 g/mol. The van der Waals surface area contributed by atoms with E-state index >= 15 is 0 Å². The number of carbonyl (C=O) groups excluding carboxylic acids is 1. The Hall–Kier alpha value is -3.26. The molecule has 2 atom stereocenters. The van der Waals surface area contributed by atoms with E-state index in [4.69, 9.17) is 9.47 Å². The molecule has 1 N–H and O–H groups in total. The summed E-state index contributed by atoms with van der Waals surface area (Å²) >= 11 is 1.39. The Morgan fingerprint density at radius 1 is 1.16 bits per heavy atom. The molecule has 1 aromatic heterocycles. The molecule has 2 aromatic carbocycles. The Balaban J connectivity index is 1.74. The van der Waals surface area contributed by atoms with Gasteiger partial charge in [-0.1, -0.05) is 43.0 Å². The number of benzene rings is 2. The first kappa shape index (κ1) is 23.4. The van der Waals surface area contributed by atoms with Crippen molar-refractivity contribution in [2.45, 2.75) is 43.3 Å². The third-order valence-electron chi connectivity index (χ3n) is 4.75. The Bertz CT molecular complexity index is 1020. The van der Waals surface area contributed by atoms with Crippen LogP contribution >= 0.6 is 11.8 Å². The van der Waals surface area contributed by atoms with E-state index in [1.807, 2.05) is 73.0 Å². The first-order chi connectivity index (χ1) is 15.5. The van der Waals surface area contributed by atoms with E-state index in [1.165, 1.54) is 11.8 Å². The van der Waals surface area contributed by atoms with E-state index in [-0.39, 0.29) is 17.3 Å². The first-order valence-corrected chi connectivity index (χ1v) is 11.3. The number of para-hydroxylation sites is 1. The third kappa shape index (κ3) is 5.91. The lowest BCUT2D eigenvalue weighted by molar-refractivity contribution is -0.115. The summed E-state index contributed by atoms with van der Waals surface area (Å²) in [6, 6.07) is 16.8. The summed E-state index contributed by atoms with van der Waals surface area (Å²) in [4.78, 5) is 12.8. The van der Waals surface area contributed by atoms with Gasteiger partial charge in [0.1, 0.15) is 11.5 Å². The van der Waals surface area contributed by atoms with Gasteiger partial charge in [0.2, 0.25) is 5.91 Å². The van der Waals surface area contributed by atoms with Crippen molar-refractivity contribution in [1.82, 2.24) is 14.8 Å². The van der Waals surface area contributed by atoms with Gasteiger partial charge < -0.3 is 14.8 Å². The van der Waals surface area contributed by atoms with Crippen LogP contribution in [0, 0.1) is 0 Å². The van der Waals surface area contributed by atoms with Crippen LogP contribution in [-0.4, -0.2) is 33.0 Å². The molecule has 0 aliphatic rings. The summed E-state index contributed by atoms with van der Waals surface area (Å²) in [5.41, 5.74) is 0.770.